The molecular formula is C21H21FN2OS2. The summed E-state index contributed by atoms with van der Waals surface area (Å²) in [5.74, 6) is 0.247. The van der Waals surface area contributed by atoms with Crippen LogP contribution in [0, 0.1) is 26.6 Å². The molecule has 0 aliphatic rings. The second-order valence-corrected chi connectivity index (χ2v) is 8.30. The van der Waals surface area contributed by atoms with Crippen LogP contribution in [0.25, 0.3) is 0 Å². The van der Waals surface area contributed by atoms with Crippen molar-refractivity contribution in [2.45, 2.75) is 38.3 Å². The molecule has 0 aliphatic heterocycles. The summed E-state index contributed by atoms with van der Waals surface area (Å²) in [7, 11) is 0. The maximum atomic E-state index is 13.8. The van der Waals surface area contributed by atoms with Crippen LogP contribution in [0.15, 0.2) is 46.7 Å². The van der Waals surface area contributed by atoms with Crippen molar-refractivity contribution >= 4 is 39.8 Å². The van der Waals surface area contributed by atoms with Gasteiger partial charge in [0.25, 0.3) is 0 Å². The lowest BCUT2D eigenvalue weighted by atomic mass is 10.0. The summed E-state index contributed by atoms with van der Waals surface area (Å²) in [6.07, 6.45) is 0. The molecule has 140 valence electrons. The monoisotopic (exact) mass is 400 g/mol. The average molecular weight is 401 g/mol. The molecule has 0 bridgehead atoms. The highest BCUT2D eigenvalue weighted by atomic mass is 32.2. The quantitative estimate of drug-likeness (QED) is 0.479. The lowest BCUT2D eigenvalue weighted by Crippen LogP contribution is -2.24. The number of anilines is 2. The maximum Gasteiger partial charge on any atom is 0.230 e. The van der Waals surface area contributed by atoms with Gasteiger partial charge in [-0.25, -0.2) is 9.37 Å². The molecule has 0 N–H and O–H groups in total. The van der Waals surface area contributed by atoms with Crippen LogP contribution in [0.5, 0.6) is 0 Å². The Kier molecular flexibility index (Phi) is 5.97. The van der Waals surface area contributed by atoms with E-state index in [9.17, 15) is 9.18 Å². The normalized spacial score (nSPS) is 10.9. The number of carbonyl (C=O) groups excluding carboxylic acids is 1. The Hall–Kier alpha value is -2.18. The van der Waals surface area contributed by atoms with Gasteiger partial charge in [0.15, 0.2) is 5.13 Å². The number of nitrogens with zero attached hydrogens (tertiary/aromatic N) is 2. The maximum absolute atomic E-state index is 13.8. The number of benzene rings is 2. The highest BCUT2D eigenvalue weighted by molar-refractivity contribution is 7.98. The number of hydrogen-bond acceptors (Lipinski definition) is 4. The molecule has 0 unspecified atom stereocenters. The summed E-state index contributed by atoms with van der Waals surface area (Å²) in [5.41, 5.74) is 4.96. The molecule has 3 aromatic rings. The molecule has 1 aromatic heterocycles. The first-order valence-electron chi connectivity index (χ1n) is 8.57. The number of aryl methyl sites for hydroxylation is 3. The molecule has 0 aliphatic carbocycles. The second kappa shape index (κ2) is 8.23. The molecule has 0 fully saturated rings. The van der Waals surface area contributed by atoms with Crippen molar-refractivity contribution in [1.82, 2.24) is 4.98 Å². The molecule has 0 saturated heterocycles. The minimum absolute atomic E-state index is 0.0762. The van der Waals surface area contributed by atoms with E-state index in [4.69, 9.17) is 0 Å². The third kappa shape index (κ3) is 4.39. The number of amides is 1. The van der Waals surface area contributed by atoms with Gasteiger partial charge in [-0.1, -0.05) is 29.8 Å². The Bertz CT molecular complexity index is 961. The Balaban J connectivity index is 1.87. The topological polar surface area (TPSA) is 33.2 Å². The van der Waals surface area contributed by atoms with E-state index in [0.29, 0.717) is 15.8 Å². The molecule has 0 radical (unpaired) electrons. The number of thioether (sulfide) groups is 1. The molecule has 0 atom stereocenters. The van der Waals surface area contributed by atoms with Crippen LogP contribution >= 0.6 is 23.1 Å². The van der Waals surface area contributed by atoms with Gasteiger partial charge in [0.05, 0.1) is 11.4 Å². The van der Waals surface area contributed by atoms with Gasteiger partial charge in [-0.3, -0.25) is 9.69 Å². The van der Waals surface area contributed by atoms with Crippen molar-refractivity contribution in [1.29, 1.82) is 0 Å². The molecule has 27 heavy (non-hydrogen) atoms. The first-order chi connectivity index (χ1) is 12.9. The van der Waals surface area contributed by atoms with Crippen molar-refractivity contribution in [3.05, 3.63) is 70.0 Å². The molecule has 3 nitrogen and oxygen atoms in total. The van der Waals surface area contributed by atoms with Crippen LogP contribution in [-0.4, -0.2) is 10.9 Å². The first kappa shape index (κ1) is 19.6. The molecule has 2 aromatic carbocycles. The van der Waals surface area contributed by atoms with Crippen LogP contribution in [0.1, 0.15) is 29.3 Å². The minimum atomic E-state index is -0.228. The summed E-state index contributed by atoms with van der Waals surface area (Å²) < 4.78 is 13.8. The van der Waals surface area contributed by atoms with Gasteiger partial charge in [0.2, 0.25) is 5.91 Å². The van der Waals surface area contributed by atoms with Crippen molar-refractivity contribution in [2.24, 2.45) is 0 Å². The van der Waals surface area contributed by atoms with Gasteiger partial charge >= 0.3 is 0 Å². The van der Waals surface area contributed by atoms with Crippen molar-refractivity contribution in [3.8, 4) is 0 Å². The van der Waals surface area contributed by atoms with Crippen LogP contribution in [0.2, 0.25) is 0 Å². The number of thiazole rings is 1. The molecule has 3 rings (SSSR count). The lowest BCUT2D eigenvalue weighted by molar-refractivity contribution is -0.115. The van der Waals surface area contributed by atoms with E-state index in [1.54, 1.807) is 24.0 Å². The number of halogens is 1. The first-order valence-corrected chi connectivity index (χ1v) is 10.4. The second-order valence-electron chi connectivity index (χ2n) is 6.44. The van der Waals surface area contributed by atoms with E-state index < -0.39 is 0 Å². The fourth-order valence-corrected chi connectivity index (χ4v) is 4.90. The number of hydrogen-bond donors (Lipinski definition) is 0. The molecular weight excluding hydrogens is 379 g/mol. The molecule has 1 heterocycles. The molecule has 0 spiro atoms. The Morgan fingerprint density at radius 1 is 1.19 bits per heavy atom. The van der Waals surface area contributed by atoms with E-state index in [-0.39, 0.29) is 11.7 Å². The number of aromatic nitrogens is 1. The van der Waals surface area contributed by atoms with Crippen molar-refractivity contribution < 1.29 is 9.18 Å². The van der Waals surface area contributed by atoms with Crippen molar-refractivity contribution in [3.63, 3.8) is 0 Å². The van der Waals surface area contributed by atoms with Crippen LogP contribution in [0.4, 0.5) is 15.2 Å². The number of rotatable bonds is 5. The molecule has 6 heteroatoms. The Morgan fingerprint density at radius 3 is 2.48 bits per heavy atom. The fraction of sp³-hybridized carbons (Fsp3) is 0.238. The fourth-order valence-electron chi connectivity index (χ4n) is 3.09. The smallest absolute Gasteiger partial charge is 0.230 e. The zero-order valence-electron chi connectivity index (χ0n) is 15.7. The van der Waals surface area contributed by atoms with E-state index in [1.165, 1.54) is 34.7 Å². The average Bonchev–Trinajstić information content (AvgIpc) is 3.05. The van der Waals surface area contributed by atoms with Gasteiger partial charge in [-0.15, -0.1) is 23.1 Å². The highest BCUT2D eigenvalue weighted by Gasteiger charge is 2.22. The van der Waals surface area contributed by atoms with Gasteiger partial charge in [0, 0.05) is 23.0 Å². The lowest BCUT2D eigenvalue weighted by Gasteiger charge is -2.23. The number of carbonyl (C=O) groups is 1. The van der Waals surface area contributed by atoms with Gasteiger partial charge in [-0.2, -0.15) is 0 Å². The summed E-state index contributed by atoms with van der Waals surface area (Å²) in [6, 6.07) is 10.8. The zero-order chi connectivity index (χ0) is 19.6. The summed E-state index contributed by atoms with van der Waals surface area (Å²) >= 11 is 2.83. The molecule has 1 amide bonds. The predicted octanol–water partition coefficient (Wildman–Crippen LogP) is 6.18. The van der Waals surface area contributed by atoms with Crippen molar-refractivity contribution in [2.75, 3.05) is 4.90 Å². The summed E-state index contributed by atoms with van der Waals surface area (Å²) in [6.45, 7) is 7.61. The van der Waals surface area contributed by atoms with E-state index in [0.717, 1.165) is 22.5 Å². The minimum Gasteiger partial charge on any atom is -0.274 e. The zero-order valence-corrected chi connectivity index (χ0v) is 17.4. The third-order valence-corrected chi connectivity index (χ3v) is 6.07. The SMILES string of the molecule is CC(=O)N(c1nc(CSc2ccccc2F)cs1)c1c(C)cc(C)cc1C. The predicted molar refractivity (Wildman–Crippen MR) is 112 cm³/mol. The largest absolute Gasteiger partial charge is 0.274 e. The van der Waals surface area contributed by atoms with Crippen LogP contribution < -0.4 is 4.90 Å². The molecule has 0 saturated carbocycles. The summed E-state index contributed by atoms with van der Waals surface area (Å²) in [5, 5.41) is 2.57. The van der Waals surface area contributed by atoms with E-state index in [2.05, 4.69) is 17.1 Å². The summed E-state index contributed by atoms with van der Waals surface area (Å²) in [4.78, 5) is 19.3. The van der Waals surface area contributed by atoms with Crippen LogP contribution in [0.3, 0.4) is 0 Å². The Labute approximate surface area is 167 Å². The standard InChI is InChI=1S/C21H21FN2OS2/c1-13-9-14(2)20(15(3)10-13)24(16(4)25)21-23-17(12-27-21)11-26-19-8-6-5-7-18(19)22/h5-10,12H,11H2,1-4H3. The Morgan fingerprint density at radius 2 is 1.85 bits per heavy atom. The van der Waals surface area contributed by atoms with Gasteiger partial charge in [0.1, 0.15) is 5.82 Å². The highest BCUT2D eigenvalue weighted by Crippen LogP contribution is 2.35. The van der Waals surface area contributed by atoms with Crippen LogP contribution in [-0.2, 0) is 10.5 Å². The van der Waals surface area contributed by atoms with E-state index >= 15 is 0 Å². The van der Waals surface area contributed by atoms with E-state index in [1.807, 2.05) is 32.2 Å². The van der Waals surface area contributed by atoms with Gasteiger partial charge < -0.3 is 0 Å². The third-order valence-electron chi connectivity index (χ3n) is 4.12. The van der Waals surface area contributed by atoms with Gasteiger partial charge in [-0.05, 0) is 44.0 Å².